The molecule has 1 aromatic rings. The van der Waals surface area contributed by atoms with Crippen LogP contribution in [0.5, 0.6) is 0 Å². The fraction of sp³-hybridized carbons (Fsp3) is 0.600. The summed E-state index contributed by atoms with van der Waals surface area (Å²) in [6.45, 7) is 1.47. The molecule has 1 aliphatic rings. The number of pyridine rings is 1. The average Bonchev–Trinajstić information content (AvgIpc) is 2.82. The Morgan fingerprint density at radius 2 is 2.00 bits per heavy atom. The van der Waals surface area contributed by atoms with E-state index >= 15 is 0 Å². The average molecular weight is 457 g/mol. The molecule has 0 saturated carbocycles. The zero-order chi connectivity index (χ0) is 17.7. The minimum Gasteiger partial charge on any atom is -0.371 e. The van der Waals surface area contributed by atoms with Gasteiger partial charge in [0.05, 0.1) is 11.6 Å². The number of halogens is 4. The highest BCUT2D eigenvalue weighted by Gasteiger charge is 2.52. The molecule has 134 valence electrons. The lowest BCUT2D eigenvalue weighted by molar-refractivity contribution is -0.235. The molecular formula is C15H19F3IN3O2. The lowest BCUT2D eigenvalue weighted by Gasteiger charge is -2.30. The highest BCUT2D eigenvalue weighted by molar-refractivity contribution is 14.1. The number of hydrogen-bond donors (Lipinski definition) is 1. The third-order valence-electron chi connectivity index (χ3n) is 3.72. The summed E-state index contributed by atoms with van der Waals surface area (Å²) in [5, 5.41) is 15.7. The Hall–Kier alpha value is -0.940. The van der Waals surface area contributed by atoms with Gasteiger partial charge < -0.3 is 9.84 Å². The largest absolute Gasteiger partial charge is 0.415 e. The van der Waals surface area contributed by atoms with E-state index in [1.807, 2.05) is 0 Å². The van der Waals surface area contributed by atoms with Crippen molar-refractivity contribution in [2.24, 2.45) is 11.0 Å². The Balaban J connectivity index is 2.16. The van der Waals surface area contributed by atoms with Crippen molar-refractivity contribution >= 4 is 34.0 Å². The Morgan fingerprint density at radius 3 is 2.58 bits per heavy atom. The van der Waals surface area contributed by atoms with E-state index in [2.05, 4.69) is 32.7 Å². The van der Waals surface area contributed by atoms with Crippen LogP contribution in [-0.4, -0.2) is 45.3 Å². The van der Waals surface area contributed by atoms with Gasteiger partial charge in [-0.2, -0.15) is 18.3 Å². The number of aliphatic hydroxyl groups excluding tert-OH is 1. The van der Waals surface area contributed by atoms with Crippen molar-refractivity contribution in [3.63, 3.8) is 0 Å². The molecule has 0 fully saturated rings. The summed E-state index contributed by atoms with van der Waals surface area (Å²) in [5.41, 5.74) is 0.667. The van der Waals surface area contributed by atoms with Crippen molar-refractivity contribution < 1.29 is 23.0 Å². The molecule has 3 atom stereocenters. The molecule has 0 amide bonds. The van der Waals surface area contributed by atoms with E-state index in [0.717, 1.165) is 10.8 Å². The van der Waals surface area contributed by atoms with Crippen molar-refractivity contribution in [2.75, 3.05) is 16.0 Å². The fourth-order valence-electron chi connectivity index (χ4n) is 2.55. The minimum absolute atomic E-state index is 0.00106. The van der Waals surface area contributed by atoms with Crippen LogP contribution in [0, 0.1) is 5.92 Å². The summed E-state index contributed by atoms with van der Waals surface area (Å²) in [4.78, 5) is 3.85. The lowest BCUT2D eigenvalue weighted by Crippen LogP contribution is -2.48. The van der Waals surface area contributed by atoms with E-state index in [1.54, 1.807) is 12.1 Å². The molecule has 2 rings (SSSR count). The third-order valence-corrected chi connectivity index (χ3v) is 4.48. The third kappa shape index (κ3) is 4.57. The second-order valence-corrected chi connectivity index (χ2v) is 6.54. The number of aromatic nitrogens is 1. The standard InChI is InChI=1S/C15H19F3IN3O2/c1-10-12(13(15(16,17)18)24-9-3-2-6-19)14(23)22(21-10)11-4-7-20-8-5-11/h4-5,7-8,12-14,23H,2-3,6,9H2,1H3. The molecule has 1 aromatic heterocycles. The van der Waals surface area contributed by atoms with Gasteiger partial charge in [0.25, 0.3) is 0 Å². The number of aliphatic hydroxyl groups is 1. The van der Waals surface area contributed by atoms with E-state index in [4.69, 9.17) is 4.74 Å². The summed E-state index contributed by atoms with van der Waals surface area (Å²) < 4.78 is 46.3. The van der Waals surface area contributed by atoms with Gasteiger partial charge in [-0.05, 0) is 36.3 Å². The molecule has 0 aromatic carbocycles. The van der Waals surface area contributed by atoms with Gasteiger partial charge in [-0.25, -0.2) is 5.01 Å². The lowest BCUT2D eigenvalue weighted by atomic mass is 9.95. The first-order valence-corrected chi connectivity index (χ1v) is 9.05. The van der Waals surface area contributed by atoms with Crippen LogP contribution in [0.15, 0.2) is 29.6 Å². The zero-order valence-corrected chi connectivity index (χ0v) is 15.2. The van der Waals surface area contributed by atoms with Gasteiger partial charge in [-0.1, -0.05) is 22.6 Å². The fourth-order valence-corrected chi connectivity index (χ4v) is 3.09. The Kier molecular flexibility index (Phi) is 6.81. The molecule has 0 aliphatic carbocycles. The maximum Gasteiger partial charge on any atom is 0.415 e. The topological polar surface area (TPSA) is 58.0 Å². The minimum atomic E-state index is -4.58. The second kappa shape index (κ2) is 8.43. The number of ether oxygens (including phenoxy) is 1. The number of hydrazone groups is 1. The van der Waals surface area contributed by atoms with Gasteiger partial charge in [0, 0.05) is 24.7 Å². The molecule has 9 heteroatoms. The first-order chi connectivity index (χ1) is 11.4. The van der Waals surface area contributed by atoms with Crippen molar-refractivity contribution in [3.05, 3.63) is 24.5 Å². The monoisotopic (exact) mass is 457 g/mol. The molecule has 1 N–H and O–H groups in total. The molecular weight excluding hydrogens is 438 g/mol. The number of rotatable bonds is 7. The summed E-state index contributed by atoms with van der Waals surface area (Å²) in [6, 6.07) is 3.15. The normalized spacial score (nSPS) is 22.6. The van der Waals surface area contributed by atoms with Crippen LogP contribution >= 0.6 is 22.6 Å². The summed E-state index contributed by atoms with van der Waals surface area (Å²) >= 11 is 2.17. The van der Waals surface area contributed by atoms with Crippen LogP contribution in [-0.2, 0) is 4.74 Å². The van der Waals surface area contributed by atoms with E-state index in [-0.39, 0.29) is 12.3 Å². The second-order valence-electron chi connectivity index (χ2n) is 5.46. The zero-order valence-electron chi connectivity index (χ0n) is 13.1. The van der Waals surface area contributed by atoms with E-state index < -0.39 is 24.4 Å². The molecule has 0 spiro atoms. The van der Waals surface area contributed by atoms with Crippen LogP contribution in [0.3, 0.4) is 0 Å². The van der Waals surface area contributed by atoms with Gasteiger partial charge in [0.2, 0.25) is 0 Å². The Labute approximate surface area is 152 Å². The van der Waals surface area contributed by atoms with Gasteiger partial charge >= 0.3 is 6.18 Å². The summed E-state index contributed by atoms with van der Waals surface area (Å²) in [5.74, 6) is -1.27. The number of alkyl halides is 4. The maximum absolute atomic E-state index is 13.4. The Morgan fingerprint density at radius 1 is 1.33 bits per heavy atom. The van der Waals surface area contributed by atoms with Gasteiger partial charge in [0.15, 0.2) is 12.3 Å². The van der Waals surface area contributed by atoms with Crippen LogP contribution in [0.25, 0.3) is 0 Å². The van der Waals surface area contributed by atoms with Gasteiger partial charge in [-0.3, -0.25) is 4.98 Å². The van der Waals surface area contributed by atoms with Crippen molar-refractivity contribution in [1.82, 2.24) is 4.98 Å². The molecule has 2 heterocycles. The molecule has 0 saturated heterocycles. The predicted octanol–water partition coefficient (Wildman–Crippen LogP) is 3.37. The van der Waals surface area contributed by atoms with E-state index in [9.17, 15) is 18.3 Å². The van der Waals surface area contributed by atoms with Gasteiger partial charge in [-0.15, -0.1) is 0 Å². The highest BCUT2D eigenvalue weighted by Crippen LogP contribution is 2.36. The van der Waals surface area contributed by atoms with Crippen LogP contribution in [0.4, 0.5) is 18.9 Å². The molecule has 0 radical (unpaired) electrons. The number of unbranched alkanes of at least 4 members (excludes halogenated alkanes) is 1. The van der Waals surface area contributed by atoms with E-state index in [0.29, 0.717) is 12.1 Å². The Bertz CT molecular complexity index is 557. The number of hydrogen-bond acceptors (Lipinski definition) is 5. The molecule has 3 unspecified atom stereocenters. The molecule has 5 nitrogen and oxygen atoms in total. The molecule has 0 bridgehead atoms. The predicted molar refractivity (Wildman–Crippen MR) is 93.2 cm³/mol. The maximum atomic E-state index is 13.4. The highest BCUT2D eigenvalue weighted by atomic mass is 127. The van der Waals surface area contributed by atoms with Crippen LogP contribution < -0.4 is 5.01 Å². The first kappa shape index (κ1) is 19.4. The molecule has 1 aliphatic heterocycles. The quantitative estimate of drug-likeness (QED) is 0.388. The van der Waals surface area contributed by atoms with Crippen molar-refractivity contribution in [1.29, 1.82) is 0 Å². The van der Waals surface area contributed by atoms with Crippen LogP contribution in [0.2, 0.25) is 0 Å². The van der Waals surface area contributed by atoms with Crippen molar-refractivity contribution in [3.8, 4) is 0 Å². The van der Waals surface area contributed by atoms with Crippen molar-refractivity contribution in [2.45, 2.75) is 38.3 Å². The first-order valence-electron chi connectivity index (χ1n) is 7.53. The van der Waals surface area contributed by atoms with Gasteiger partial charge in [0.1, 0.15) is 0 Å². The SMILES string of the molecule is CC1=NN(c2ccncc2)C(O)C1C(OCCCCI)C(F)(F)F. The number of nitrogens with zero attached hydrogens (tertiary/aromatic N) is 3. The smallest absolute Gasteiger partial charge is 0.371 e. The van der Waals surface area contributed by atoms with Crippen LogP contribution in [0.1, 0.15) is 19.8 Å². The summed E-state index contributed by atoms with van der Waals surface area (Å²) in [6.07, 6.45) is -3.80. The van der Waals surface area contributed by atoms with E-state index in [1.165, 1.54) is 24.3 Å². The molecule has 24 heavy (non-hydrogen) atoms. The summed E-state index contributed by atoms with van der Waals surface area (Å²) in [7, 11) is 0. The number of anilines is 1.